The Labute approximate surface area is 87.2 Å². The molecule has 2 aliphatic rings. The molecule has 0 amide bonds. The molecule has 0 heterocycles. The molecule has 0 aliphatic heterocycles. The van der Waals surface area contributed by atoms with Crippen LogP contribution in [-0.4, -0.2) is 10.7 Å². The summed E-state index contributed by atoms with van der Waals surface area (Å²) in [5.74, 6) is 0.706. The van der Waals surface area contributed by atoms with Gasteiger partial charge < -0.3 is 5.11 Å². The van der Waals surface area contributed by atoms with Crippen LogP contribution < -0.4 is 0 Å². The van der Waals surface area contributed by atoms with Crippen LogP contribution in [0.15, 0.2) is 12.7 Å². The Morgan fingerprint density at radius 1 is 1.43 bits per heavy atom. The van der Waals surface area contributed by atoms with Crippen molar-refractivity contribution in [2.75, 3.05) is 0 Å². The molecule has 14 heavy (non-hydrogen) atoms. The third-order valence-corrected chi connectivity index (χ3v) is 5.53. The molecule has 2 rings (SSSR count). The van der Waals surface area contributed by atoms with Gasteiger partial charge >= 0.3 is 0 Å². The molecule has 2 fully saturated rings. The summed E-state index contributed by atoms with van der Waals surface area (Å²) in [7, 11) is 0. The number of fused-ring (bicyclic) bond motifs is 2. The van der Waals surface area contributed by atoms with Crippen LogP contribution in [0.4, 0.5) is 0 Å². The van der Waals surface area contributed by atoms with Gasteiger partial charge in [0.25, 0.3) is 0 Å². The Balaban J connectivity index is 2.39. The summed E-state index contributed by atoms with van der Waals surface area (Å²) in [6.07, 6.45) is 6.08. The number of aliphatic hydroxyl groups is 1. The maximum absolute atomic E-state index is 10.7. The van der Waals surface area contributed by atoms with Gasteiger partial charge in [0.15, 0.2) is 0 Å². The number of hydrogen-bond donors (Lipinski definition) is 1. The summed E-state index contributed by atoms with van der Waals surface area (Å²) in [6, 6.07) is 0. The van der Waals surface area contributed by atoms with Crippen molar-refractivity contribution >= 4 is 0 Å². The van der Waals surface area contributed by atoms with Gasteiger partial charge in [-0.2, -0.15) is 0 Å². The fourth-order valence-corrected chi connectivity index (χ4v) is 3.97. The lowest BCUT2D eigenvalue weighted by molar-refractivity contribution is -0.0866. The normalized spacial score (nSPS) is 49.6. The molecule has 3 atom stereocenters. The van der Waals surface area contributed by atoms with Crippen LogP contribution in [-0.2, 0) is 0 Å². The SMILES string of the molecule is C=CC[C@]1(O)C[C@H]2CC[C@]1(C)C2(C)C. The van der Waals surface area contributed by atoms with Crippen LogP contribution >= 0.6 is 0 Å². The van der Waals surface area contributed by atoms with E-state index < -0.39 is 5.60 Å². The highest BCUT2D eigenvalue weighted by Gasteiger charge is 2.67. The lowest BCUT2D eigenvalue weighted by atomic mass is 9.63. The predicted molar refractivity (Wildman–Crippen MR) is 59.0 cm³/mol. The molecule has 2 aliphatic carbocycles. The van der Waals surface area contributed by atoms with Crippen LogP contribution in [0.3, 0.4) is 0 Å². The second kappa shape index (κ2) is 2.63. The quantitative estimate of drug-likeness (QED) is 0.670. The Bertz CT molecular complexity index is 268. The van der Waals surface area contributed by atoms with Gasteiger partial charge in [-0.3, -0.25) is 0 Å². The molecule has 0 unspecified atom stereocenters. The Kier molecular flexibility index (Phi) is 1.92. The van der Waals surface area contributed by atoms with Crippen molar-refractivity contribution in [1.82, 2.24) is 0 Å². The summed E-state index contributed by atoms with van der Waals surface area (Å²) < 4.78 is 0. The number of rotatable bonds is 2. The van der Waals surface area contributed by atoms with Crippen LogP contribution in [0, 0.1) is 16.7 Å². The van der Waals surface area contributed by atoms with Crippen molar-refractivity contribution in [3.05, 3.63) is 12.7 Å². The molecule has 0 aromatic rings. The summed E-state index contributed by atoms with van der Waals surface area (Å²) in [5, 5.41) is 10.7. The zero-order valence-corrected chi connectivity index (χ0v) is 9.64. The molecule has 1 nitrogen and oxygen atoms in total. The van der Waals surface area contributed by atoms with Crippen LogP contribution in [0.5, 0.6) is 0 Å². The van der Waals surface area contributed by atoms with Crippen LogP contribution in [0.25, 0.3) is 0 Å². The standard InChI is InChI=1S/C13H22O/c1-5-7-13(14)9-10-6-8-12(13,4)11(10,2)3/h5,10,14H,1,6-9H2,2-4H3/t10-,12-,13+/m1/s1. The zero-order chi connectivity index (χ0) is 10.6. The highest BCUT2D eigenvalue weighted by Crippen LogP contribution is 2.70. The first-order valence-electron chi connectivity index (χ1n) is 5.71. The van der Waals surface area contributed by atoms with E-state index in [1.807, 2.05) is 6.08 Å². The zero-order valence-electron chi connectivity index (χ0n) is 9.64. The fourth-order valence-electron chi connectivity index (χ4n) is 3.97. The van der Waals surface area contributed by atoms with Crippen molar-refractivity contribution in [3.8, 4) is 0 Å². The highest BCUT2D eigenvalue weighted by atomic mass is 16.3. The first-order valence-corrected chi connectivity index (χ1v) is 5.71. The largest absolute Gasteiger partial charge is 0.389 e. The molecule has 0 saturated heterocycles. The van der Waals surface area contributed by atoms with E-state index in [9.17, 15) is 5.11 Å². The van der Waals surface area contributed by atoms with Gasteiger partial charge in [-0.25, -0.2) is 0 Å². The minimum absolute atomic E-state index is 0.0961. The third kappa shape index (κ3) is 0.894. The van der Waals surface area contributed by atoms with E-state index >= 15 is 0 Å². The lowest BCUT2D eigenvalue weighted by Crippen LogP contribution is -2.46. The minimum Gasteiger partial charge on any atom is -0.389 e. The van der Waals surface area contributed by atoms with E-state index in [-0.39, 0.29) is 5.41 Å². The Morgan fingerprint density at radius 2 is 2.07 bits per heavy atom. The maximum Gasteiger partial charge on any atom is 0.0743 e. The van der Waals surface area contributed by atoms with Crippen molar-refractivity contribution in [2.45, 2.75) is 52.1 Å². The topological polar surface area (TPSA) is 20.2 Å². The monoisotopic (exact) mass is 194 g/mol. The Hall–Kier alpha value is -0.300. The minimum atomic E-state index is -0.485. The molecule has 1 heteroatoms. The third-order valence-electron chi connectivity index (χ3n) is 5.53. The van der Waals surface area contributed by atoms with E-state index in [4.69, 9.17) is 0 Å². The summed E-state index contributed by atoms with van der Waals surface area (Å²) >= 11 is 0. The van der Waals surface area contributed by atoms with E-state index in [1.165, 1.54) is 12.8 Å². The van der Waals surface area contributed by atoms with Gasteiger partial charge in [0.2, 0.25) is 0 Å². The number of hydrogen-bond acceptors (Lipinski definition) is 1. The highest BCUT2D eigenvalue weighted by molar-refractivity contribution is 5.18. The van der Waals surface area contributed by atoms with Gasteiger partial charge in [-0.05, 0) is 37.0 Å². The van der Waals surface area contributed by atoms with Crippen molar-refractivity contribution in [1.29, 1.82) is 0 Å². The maximum atomic E-state index is 10.7. The molecule has 0 aromatic heterocycles. The van der Waals surface area contributed by atoms with E-state index in [2.05, 4.69) is 27.4 Å². The van der Waals surface area contributed by atoms with Gasteiger partial charge in [0.1, 0.15) is 0 Å². The van der Waals surface area contributed by atoms with Gasteiger partial charge in [-0.1, -0.05) is 26.8 Å². The average molecular weight is 194 g/mol. The molecule has 0 radical (unpaired) electrons. The van der Waals surface area contributed by atoms with Gasteiger partial charge in [0, 0.05) is 5.41 Å². The molecule has 1 N–H and O–H groups in total. The summed E-state index contributed by atoms with van der Waals surface area (Å²) in [6.45, 7) is 10.7. The van der Waals surface area contributed by atoms with Crippen LogP contribution in [0.2, 0.25) is 0 Å². The van der Waals surface area contributed by atoms with Gasteiger partial charge in [-0.15, -0.1) is 6.58 Å². The molecular weight excluding hydrogens is 172 g/mol. The summed E-state index contributed by atoms with van der Waals surface area (Å²) in [4.78, 5) is 0. The van der Waals surface area contributed by atoms with Gasteiger partial charge in [0.05, 0.1) is 5.60 Å². The second-order valence-electron chi connectivity index (χ2n) is 6.02. The molecular formula is C13H22O. The van der Waals surface area contributed by atoms with E-state index in [0.29, 0.717) is 11.3 Å². The molecule has 0 aromatic carbocycles. The predicted octanol–water partition coefficient (Wildman–Crippen LogP) is 3.14. The molecule has 2 bridgehead atoms. The lowest BCUT2D eigenvalue weighted by Gasteiger charge is -2.45. The van der Waals surface area contributed by atoms with E-state index in [0.717, 1.165) is 12.8 Å². The second-order valence-corrected chi connectivity index (χ2v) is 6.02. The molecule has 2 saturated carbocycles. The Morgan fingerprint density at radius 3 is 2.43 bits per heavy atom. The van der Waals surface area contributed by atoms with Crippen molar-refractivity contribution < 1.29 is 5.11 Å². The first kappa shape index (κ1) is 10.2. The van der Waals surface area contributed by atoms with Crippen molar-refractivity contribution in [3.63, 3.8) is 0 Å². The molecule has 80 valence electrons. The van der Waals surface area contributed by atoms with Crippen molar-refractivity contribution in [2.24, 2.45) is 16.7 Å². The first-order chi connectivity index (χ1) is 6.37. The average Bonchev–Trinajstić information content (AvgIpc) is 2.36. The van der Waals surface area contributed by atoms with E-state index in [1.54, 1.807) is 0 Å². The smallest absolute Gasteiger partial charge is 0.0743 e. The fraction of sp³-hybridized carbons (Fsp3) is 0.846. The molecule has 0 spiro atoms. The van der Waals surface area contributed by atoms with Crippen LogP contribution in [0.1, 0.15) is 46.5 Å². The summed E-state index contributed by atoms with van der Waals surface area (Å²) in [5.41, 5.74) is -0.0925.